The number of hydrogen-bond donors (Lipinski definition) is 0. The van der Waals surface area contributed by atoms with E-state index in [0.29, 0.717) is 22.3 Å². The highest BCUT2D eigenvalue weighted by molar-refractivity contribution is 6.42. The number of ketones is 1. The molecule has 0 N–H and O–H groups in total. The van der Waals surface area contributed by atoms with Crippen LogP contribution in [0.15, 0.2) is 24.5 Å². The molecule has 0 fully saturated rings. The average molecular weight is 312 g/mol. The second-order valence-electron chi connectivity index (χ2n) is 4.86. The van der Waals surface area contributed by atoms with Crippen molar-refractivity contribution in [1.82, 2.24) is 14.8 Å². The van der Waals surface area contributed by atoms with Gasteiger partial charge in [0.2, 0.25) is 0 Å². The van der Waals surface area contributed by atoms with E-state index in [4.69, 9.17) is 23.2 Å². The lowest BCUT2D eigenvalue weighted by atomic mass is 10.1. The maximum atomic E-state index is 12.1. The Kier molecular flexibility index (Phi) is 4.78. The minimum atomic E-state index is 0.0679. The fourth-order valence-corrected chi connectivity index (χ4v) is 2.27. The highest BCUT2D eigenvalue weighted by Gasteiger charge is 2.13. The third-order valence-corrected chi connectivity index (χ3v) is 3.62. The fourth-order valence-electron chi connectivity index (χ4n) is 1.95. The summed E-state index contributed by atoms with van der Waals surface area (Å²) in [7, 11) is 0. The first kappa shape index (κ1) is 15.0. The van der Waals surface area contributed by atoms with Crippen molar-refractivity contribution in [3.05, 3.63) is 46.0 Å². The SMILES string of the molecule is CC(C)n1ncnc1CC(=O)Cc1ccc(Cl)c(Cl)c1. The molecule has 1 aromatic heterocycles. The van der Waals surface area contributed by atoms with E-state index in [1.165, 1.54) is 6.33 Å². The highest BCUT2D eigenvalue weighted by atomic mass is 35.5. The standard InChI is InChI=1S/C14H15Cl2N3O/c1-9(2)19-14(17-8-18-19)7-11(20)5-10-3-4-12(15)13(16)6-10/h3-4,6,8-9H,5,7H2,1-2H3. The number of carbonyl (C=O) groups excluding carboxylic acids is 1. The number of aromatic nitrogens is 3. The van der Waals surface area contributed by atoms with Gasteiger partial charge in [-0.15, -0.1) is 0 Å². The number of benzene rings is 1. The summed E-state index contributed by atoms with van der Waals surface area (Å²) in [5.74, 6) is 0.753. The first-order valence-electron chi connectivity index (χ1n) is 6.31. The van der Waals surface area contributed by atoms with Gasteiger partial charge in [-0.05, 0) is 31.5 Å². The molecule has 0 aliphatic heterocycles. The third-order valence-electron chi connectivity index (χ3n) is 2.88. The number of Topliss-reactive ketones (excluding diaryl/α,β-unsaturated/α-hetero) is 1. The van der Waals surface area contributed by atoms with Gasteiger partial charge in [0.25, 0.3) is 0 Å². The Labute approximate surface area is 127 Å². The second kappa shape index (κ2) is 6.37. The van der Waals surface area contributed by atoms with Gasteiger partial charge < -0.3 is 0 Å². The van der Waals surface area contributed by atoms with Crippen LogP contribution in [-0.2, 0) is 17.6 Å². The van der Waals surface area contributed by atoms with Gasteiger partial charge in [0, 0.05) is 12.5 Å². The topological polar surface area (TPSA) is 47.8 Å². The lowest BCUT2D eigenvalue weighted by Crippen LogP contribution is -2.14. The van der Waals surface area contributed by atoms with Crippen LogP contribution in [0.2, 0.25) is 10.0 Å². The maximum Gasteiger partial charge on any atom is 0.144 e. The van der Waals surface area contributed by atoms with E-state index in [2.05, 4.69) is 10.1 Å². The summed E-state index contributed by atoms with van der Waals surface area (Å²) in [6, 6.07) is 5.41. The molecule has 0 saturated carbocycles. The first-order valence-corrected chi connectivity index (χ1v) is 7.07. The van der Waals surface area contributed by atoms with E-state index in [9.17, 15) is 4.79 Å². The van der Waals surface area contributed by atoms with E-state index in [-0.39, 0.29) is 18.2 Å². The molecule has 2 rings (SSSR count). The molecule has 0 spiro atoms. The van der Waals surface area contributed by atoms with Crippen molar-refractivity contribution in [2.75, 3.05) is 0 Å². The van der Waals surface area contributed by atoms with Crippen LogP contribution < -0.4 is 0 Å². The van der Waals surface area contributed by atoms with Gasteiger partial charge >= 0.3 is 0 Å². The summed E-state index contributed by atoms with van der Waals surface area (Å²) in [6.07, 6.45) is 2.04. The molecule has 1 heterocycles. The molecule has 1 aromatic carbocycles. The molecule has 2 aromatic rings. The minimum Gasteiger partial charge on any atom is -0.299 e. The monoisotopic (exact) mass is 311 g/mol. The number of hydrogen-bond acceptors (Lipinski definition) is 3. The Bertz CT molecular complexity index is 623. The number of carbonyl (C=O) groups is 1. The largest absolute Gasteiger partial charge is 0.299 e. The minimum absolute atomic E-state index is 0.0679. The van der Waals surface area contributed by atoms with E-state index < -0.39 is 0 Å². The predicted molar refractivity (Wildman–Crippen MR) is 79.3 cm³/mol. The summed E-state index contributed by atoms with van der Waals surface area (Å²) < 4.78 is 1.76. The van der Waals surface area contributed by atoms with Crippen LogP contribution in [0.4, 0.5) is 0 Å². The summed E-state index contributed by atoms with van der Waals surface area (Å²) in [4.78, 5) is 16.2. The van der Waals surface area contributed by atoms with E-state index >= 15 is 0 Å². The number of halogens is 2. The molecule has 0 aliphatic carbocycles. The zero-order valence-corrected chi connectivity index (χ0v) is 12.8. The van der Waals surface area contributed by atoms with Gasteiger partial charge in [-0.25, -0.2) is 9.67 Å². The second-order valence-corrected chi connectivity index (χ2v) is 5.67. The van der Waals surface area contributed by atoms with Crippen molar-refractivity contribution < 1.29 is 4.79 Å². The molecule has 0 bridgehead atoms. The van der Waals surface area contributed by atoms with Gasteiger partial charge in [-0.1, -0.05) is 29.3 Å². The number of rotatable bonds is 5. The quantitative estimate of drug-likeness (QED) is 0.848. The van der Waals surface area contributed by atoms with E-state index in [0.717, 1.165) is 5.56 Å². The normalized spacial score (nSPS) is 11.1. The molecule has 0 amide bonds. The molecule has 0 radical (unpaired) electrons. The van der Waals surface area contributed by atoms with Crippen LogP contribution >= 0.6 is 23.2 Å². The van der Waals surface area contributed by atoms with Crippen molar-refractivity contribution in [1.29, 1.82) is 0 Å². The predicted octanol–water partition coefficient (Wildman–Crippen LogP) is 3.52. The summed E-state index contributed by atoms with van der Waals surface area (Å²) in [5.41, 5.74) is 0.847. The zero-order chi connectivity index (χ0) is 14.7. The maximum absolute atomic E-state index is 12.1. The Balaban J connectivity index is 2.05. The van der Waals surface area contributed by atoms with Crippen molar-refractivity contribution in [2.45, 2.75) is 32.7 Å². The van der Waals surface area contributed by atoms with E-state index in [1.54, 1.807) is 22.9 Å². The van der Waals surface area contributed by atoms with E-state index in [1.807, 2.05) is 13.8 Å². The van der Waals surface area contributed by atoms with Crippen molar-refractivity contribution in [2.24, 2.45) is 0 Å². The molecule has 106 valence electrons. The molecule has 4 nitrogen and oxygen atoms in total. The van der Waals surface area contributed by atoms with Crippen LogP contribution in [0.5, 0.6) is 0 Å². The zero-order valence-electron chi connectivity index (χ0n) is 11.3. The molecular weight excluding hydrogens is 297 g/mol. The molecule has 20 heavy (non-hydrogen) atoms. The van der Waals surface area contributed by atoms with Gasteiger partial charge in [0.05, 0.1) is 16.5 Å². The fraction of sp³-hybridized carbons (Fsp3) is 0.357. The molecule has 6 heteroatoms. The van der Waals surface area contributed by atoms with Gasteiger partial charge in [0.15, 0.2) is 0 Å². The third kappa shape index (κ3) is 3.58. The lowest BCUT2D eigenvalue weighted by Gasteiger charge is -2.09. The van der Waals surface area contributed by atoms with Gasteiger partial charge in [-0.3, -0.25) is 4.79 Å². The molecular formula is C14H15Cl2N3O. The highest BCUT2D eigenvalue weighted by Crippen LogP contribution is 2.23. The number of nitrogens with zero attached hydrogens (tertiary/aromatic N) is 3. The van der Waals surface area contributed by atoms with Crippen LogP contribution in [0, 0.1) is 0 Å². The Morgan fingerprint density at radius 1 is 1.25 bits per heavy atom. The van der Waals surface area contributed by atoms with Crippen LogP contribution in [0.25, 0.3) is 0 Å². The van der Waals surface area contributed by atoms with Gasteiger partial charge in [-0.2, -0.15) is 5.10 Å². The first-order chi connectivity index (χ1) is 9.47. The molecule has 0 aliphatic rings. The Morgan fingerprint density at radius 2 is 2.00 bits per heavy atom. The molecule has 0 unspecified atom stereocenters. The van der Waals surface area contributed by atoms with Crippen LogP contribution in [0.3, 0.4) is 0 Å². The summed E-state index contributed by atoms with van der Waals surface area (Å²) in [5, 5.41) is 5.07. The molecule has 0 saturated heterocycles. The van der Waals surface area contributed by atoms with Crippen molar-refractivity contribution in [3.8, 4) is 0 Å². The average Bonchev–Trinajstić information content (AvgIpc) is 2.82. The van der Waals surface area contributed by atoms with Gasteiger partial charge in [0.1, 0.15) is 17.9 Å². The summed E-state index contributed by atoms with van der Waals surface area (Å²) in [6.45, 7) is 4.00. The smallest absolute Gasteiger partial charge is 0.144 e. The summed E-state index contributed by atoms with van der Waals surface area (Å²) >= 11 is 11.8. The lowest BCUT2D eigenvalue weighted by molar-refractivity contribution is -0.117. The molecule has 0 atom stereocenters. The Hall–Kier alpha value is -1.39. The van der Waals surface area contributed by atoms with Crippen LogP contribution in [0.1, 0.15) is 31.3 Å². The van der Waals surface area contributed by atoms with Crippen molar-refractivity contribution in [3.63, 3.8) is 0 Å². The van der Waals surface area contributed by atoms with Crippen molar-refractivity contribution >= 4 is 29.0 Å². The van der Waals surface area contributed by atoms with Crippen LogP contribution in [-0.4, -0.2) is 20.5 Å². The Morgan fingerprint density at radius 3 is 2.65 bits per heavy atom.